The first kappa shape index (κ1) is 10.5. The summed E-state index contributed by atoms with van der Waals surface area (Å²) < 4.78 is 2.12. The SMILES string of the molecule is CCn1ccnc1NC1(CN)CCCC1. The number of hydrogen-bond donors (Lipinski definition) is 2. The second-order valence-electron chi connectivity index (χ2n) is 4.35. The van der Waals surface area contributed by atoms with Crippen molar-refractivity contribution in [3.05, 3.63) is 12.4 Å². The molecule has 1 aromatic heterocycles. The van der Waals surface area contributed by atoms with Crippen molar-refractivity contribution < 1.29 is 0 Å². The summed E-state index contributed by atoms with van der Waals surface area (Å²) in [6.45, 7) is 3.77. The van der Waals surface area contributed by atoms with Crippen molar-refractivity contribution in [1.29, 1.82) is 0 Å². The van der Waals surface area contributed by atoms with Crippen molar-refractivity contribution in [3.63, 3.8) is 0 Å². The standard InChI is InChI=1S/C11H20N4/c1-2-15-8-7-13-10(15)14-11(9-12)5-3-4-6-11/h7-8H,2-6,9,12H2,1H3,(H,13,14). The van der Waals surface area contributed by atoms with Crippen LogP contribution in [-0.4, -0.2) is 21.6 Å². The minimum absolute atomic E-state index is 0.0955. The molecule has 0 amide bonds. The van der Waals surface area contributed by atoms with Gasteiger partial charge >= 0.3 is 0 Å². The molecule has 0 atom stereocenters. The fraction of sp³-hybridized carbons (Fsp3) is 0.727. The molecule has 84 valence electrons. The maximum absolute atomic E-state index is 5.88. The number of aryl methyl sites for hydroxylation is 1. The highest BCUT2D eigenvalue weighted by atomic mass is 15.2. The molecule has 15 heavy (non-hydrogen) atoms. The Morgan fingerprint density at radius 1 is 1.53 bits per heavy atom. The van der Waals surface area contributed by atoms with Crippen LogP contribution in [0.3, 0.4) is 0 Å². The Labute approximate surface area is 90.9 Å². The maximum atomic E-state index is 5.88. The molecule has 1 aliphatic rings. The highest BCUT2D eigenvalue weighted by Gasteiger charge is 2.33. The van der Waals surface area contributed by atoms with E-state index in [1.54, 1.807) is 0 Å². The topological polar surface area (TPSA) is 55.9 Å². The monoisotopic (exact) mass is 208 g/mol. The van der Waals surface area contributed by atoms with Crippen molar-refractivity contribution >= 4 is 5.95 Å². The minimum Gasteiger partial charge on any atom is -0.349 e. The van der Waals surface area contributed by atoms with Gasteiger partial charge in [-0.25, -0.2) is 4.98 Å². The lowest BCUT2D eigenvalue weighted by Gasteiger charge is -2.29. The van der Waals surface area contributed by atoms with Crippen LogP contribution in [0.1, 0.15) is 32.6 Å². The van der Waals surface area contributed by atoms with E-state index >= 15 is 0 Å². The van der Waals surface area contributed by atoms with Gasteiger partial charge in [0.1, 0.15) is 0 Å². The lowest BCUT2D eigenvalue weighted by atomic mass is 9.98. The summed E-state index contributed by atoms with van der Waals surface area (Å²) in [4.78, 5) is 4.34. The van der Waals surface area contributed by atoms with Crippen molar-refractivity contribution in [2.75, 3.05) is 11.9 Å². The quantitative estimate of drug-likeness (QED) is 0.790. The van der Waals surface area contributed by atoms with Gasteiger partial charge in [-0.3, -0.25) is 0 Å². The summed E-state index contributed by atoms with van der Waals surface area (Å²) in [7, 11) is 0. The highest BCUT2D eigenvalue weighted by Crippen LogP contribution is 2.31. The van der Waals surface area contributed by atoms with Crippen molar-refractivity contribution in [1.82, 2.24) is 9.55 Å². The van der Waals surface area contributed by atoms with Crippen LogP contribution < -0.4 is 11.1 Å². The van der Waals surface area contributed by atoms with Gasteiger partial charge in [-0.05, 0) is 19.8 Å². The van der Waals surface area contributed by atoms with Crippen LogP contribution in [-0.2, 0) is 6.54 Å². The zero-order valence-corrected chi connectivity index (χ0v) is 9.37. The zero-order chi connectivity index (χ0) is 10.7. The molecule has 4 nitrogen and oxygen atoms in total. The van der Waals surface area contributed by atoms with E-state index in [-0.39, 0.29) is 5.54 Å². The lowest BCUT2D eigenvalue weighted by molar-refractivity contribution is 0.485. The van der Waals surface area contributed by atoms with Gasteiger partial charge < -0.3 is 15.6 Å². The summed E-state index contributed by atoms with van der Waals surface area (Å²) in [5.41, 5.74) is 5.97. The van der Waals surface area contributed by atoms with Gasteiger partial charge in [0.25, 0.3) is 0 Å². The van der Waals surface area contributed by atoms with Crippen LogP contribution in [0.5, 0.6) is 0 Å². The fourth-order valence-electron chi connectivity index (χ4n) is 2.36. The van der Waals surface area contributed by atoms with Gasteiger partial charge in [0, 0.05) is 25.5 Å². The number of nitrogens with one attached hydrogen (secondary N) is 1. The van der Waals surface area contributed by atoms with Crippen molar-refractivity contribution in [2.45, 2.75) is 44.7 Å². The molecule has 1 aliphatic carbocycles. The first-order valence-corrected chi connectivity index (χ1v) is 5.79. The Bertz CT molecular complexity index is 312. The Morgan fingerprint density at radius 2 is 2.27 bits per heavy atom. The summed E-state index contributed by atoms with van der Waals surface area (Å²) in [6, 6.07) is 0. The van der Waals surface area contributed by atoms with Gasteiger partial charge in [-0.2, -0.15) is 0 Å². The first-order valence-electron chi connectivity index (χ1n) is 5.79. The van der Waals surface area contributed by atoms with Gasteiger partial charge in [0.15, 0.2) is 0 Å². The second kappa shape index (κ2) is 4.23. The highest BCUT2D eigenvalue weighted by molar-refractivity contribution is 5.32. The van der Waals surface area contributed by atoms with Gasteiger partial charge in [-0.1, -0.05) is 12.8 Å². The number of hydrogen-bond acceptors (Lipinski definition) is 3. The van der Waals surface area contributed by atoms with E-state index in [1.165, 1.54) is 25.7 Å². The number of aromatic nitrogens is 2. The molecule has 1 heterocycles. The predicted molar refractivity (Wildman–Crippen MR) is 61.8 cm³/mol. The predicted octanol–water partition coefficient (Wildman–Crippen LogP) is 1.59. The third kappa shape index (κ3) is 2.00. The molecule has 0 unspecified atom stereocenters. The van der Waals surface area contributed by atoms with Crippen LogP contribution in [0.25, 0.3) is 0 Å². The molecule has 1 aromatic rings. The number of nitrogens with zero attached hydrogens (tertiary/aromatic N) is 2. The smallest absolute Gasteiger partial charge is 0.203 e. The van der Waals surface area contributed by atoms with Crippen molar-refractivity contribution in [3.8, 4) is 0 Å². The van der Waals surface area contributed by atoms with Gasteiger partial charge in [-0.15, -0.1) is 0 Å². The zero-order valence-electron chi connectivity index (χ0n) is 9.37. The molecular weight excluding hydrogens is 188 g/mol. The van der Waals surface area contributed by atoms with Gasteiger partial charge in [0.2, 0.25) is 5.95 Å². The average Bonchev–Trinajstić information content (AvgIpc) is 2.88. The normalized spacial score (nSPS) is 19.3. The minimum atomic E-state index is 0.0955. The van der Waals surface area contributed by atoms with Crippen LogP contribution >= 0.6 is 0 Å². The molecule has 0 spiro atoms. The Morgan fingerprint density at radius 3 is 2.87 bits per heavy atom. The van der Waals surface area contributed by atoms with E-state index in [2.05, 4.69) is 21.8 Å². The molecule has 1 fully saturated rings. The van der Waals surface area contributed by atoms with E-state index in [1.807, 2.05) is 12.4 Å². The Kier molecular flexibility index (Phi) is 2.95. The molecule has 0 radical (unpaired) electrons. The third-order valence-electron chi connectivity index (χ3n) is 3.38. The van der Waals surface area contributed by atoms with E-state index in [0.29, 0.717) is 6.54 Å². The molecule has 2 rings (SSSR count). The van der Waals surface area contributed by atoms with E-state index in [9.17, 15) is 0 Å². The number of imidazole rings is 1. The van der Waals surface area contributed by atoms with Gasteiger partial charge in [0.05, 0.1) is 5.54 Å². The molecule has 3 N–H and O–H groups in total. The number of nitrogens with two attached hydrogens (primary N) is 1. The average molecular weight is 208 g/mol. The molecule has 0 aromatic carbocycles. The largest absolute Gasteiger partial charge is 0.349 e. The molecule has 1 saturated carbocycles. The van der Waals surface area contributed by atoms with Crippen LogP contribution in [0.4, 0.5) is 5.95 Å². The second-order valence-corrected chi connectivity index (χ2v) is 4.35. The number of anilines is 1. The van der Waals surface area contributed by atoms with E-state index < -0.39 is 0 Å². The molecule has 0 aliphatic heterocycles. The summed E-state index contributed by atoms with van der Waals surface area (Å²) in [5.74, 6) is 0.963. The van der Waals surface area contributed by atoms with Crippen molar-refractivity contribution in [2.24, 2.45) is 5.73 Å². The lowest BCUT2D eigenvalue weighted by Crippen LogP contribution is -2.43. The van der Waals surface area contributed by atoms with Crippen LogP contribution in [0, 0.1) is 0 Å². The van der Waals surface area contributed by atoms with Crippen LogP contribution in [0.15, 0.2) is 12.4 Å². The molecule has 0 saturated heterocycles. The Balaban J connectivity index is 2.12. The first-order chi connectivity index (χ1) is 7.29. The van der Waals surface area contributed by atoms with E-state index in [4.69, 9.17) is 5.73 Å². The molecule has 0 bridgehead atoms. The third-order valence-corrected chi connectivity index (χ3v) is 3.38. The summed E-state index contributed by atoms with van der Waals surface area (Å²) >= 11 is 0. The maximum Gasteiger partial charge on any atom is 0.203 e. The number of rotatable bonds is 4. The van der Waals surface area contributed by atoms with E-state index in [0.717, 1.165) is 12.5 Å². The fourth-order valence-corrected chi connectivity index (χ4v) is 2.36. The molecule has 4 heteroatoms. The summed E-state index contributed by atoms with van der Waals surface area (Å²) in [5, 5.41) is 3.53. The summed E-state index contributed by atoms with van der Waals surface area (Å²) in [6.07, 6.45) is 8.72. The molecular formula is C11H20N4. The Hall–Kier alpha value is -1.03. The van der Waals surface area contributed by atoms with Crippen LogP contribution in [0.2, 0.25) is 0 Å².